The molecular formula is C11H14BrN3. The third kappa shape index (κ3) is 2.21. The molecule has 0 aromatic carbocycles. The van der Waals surface area contributed by atoms with Gasteiger partial charge in [0.2, 0.25) is 0 Å². The van der Waals surface area contributed by atoms with Crippen LogP contribution in [-0.4, -0.2) is 23.0 Å². The highest BCUT2D eigenvalue weighted by atomic mass is 79.9. The predicted octanol–water partition coefficient (Wildman–Crippen LogP) is 2.25. The lowest BCUT2D eigenvalue weighted by Crippen LogP contribution is -2.09. The largest absolute Gasteiger partial charge is 0.320 e. The number of fused-ring (bicyclic) bond motifs is 1. The number of nitrogens with zero attached hydrogens (tertiary/aromatic N) is 2. The van der Waals surface area contributed by atoms with E-state index in [1.54, 1.807) is 0 Å². The van der Waals surface area contributed by atoms with Gasteiger partial charge in [-0.2, -0.15) is 0 Å². The maximum atomic E-state index is 4.51. The third-order valence-electron chi connectivity index (χ3n) is 2.40. The summed E-state index contributed by atoms with van der Waals surface area (Å²) in [4.78, 5) is 4.51. The highest BCUT2D eigenvalue weighted by molar-refractivity contribution is 9.10. The molecule has 0 saturated heterocycles. The van der Waals surface area contributed by atoms with E-state index in [2.05, 4.69) is 42.9 Å². The molecule has 0 fully saturated rings. The van der Waals surface area contributed by atoms with E-state index in [1.807, 2.05) is 19.2 Å². The van der Waals surface area contributed by atoms with Gasteiger partial charge in [0.1, 0.15) is 10.4 Å². The molecule has 0 spiro atoms. The Morgan fingerprint density at radius 2 is 2.33 bits per heavy atom. The minimum atomic E-state index is 0.933. The number of pyridine rings is 1. The summed E-state index contributed by atoms with van der Waals surface area (Å²) < 4.78 is 3.07. The fourth-order valence-electron chi connectivity index (χ4n) is 1.66. The Morgan fingerprint density at radius 1 is 1.47 bits per heavy atom. The van der Waals surface area contributed by atoms with Crippen LogP contribution in [0.5, 0.6) is 0 Å². The molecule has 2 heterocycles. The van der Waals surface area contributed by atoms with E-state index in [0.29, 0.717) is 0 Å². The summed E-state index contributed by atoms with van der Waals surface area (Å²) in [5, 5.41) is 3.14. The second-order valence-electron chi connectivity index (χ2n) is 3.48. The zero-order valence-electron chi connectivity index (χ0n) is 8.70. The molecule has 0 saturated carbocycles. The molecule has 0 amide bonds. The van der Waals surface area contributed by atoms with Crippen LogP contribution in [-0.2, 0) is 6.42 Å². The van der Waals surface area contributed by atoms with Gasteiger partial charge >= 0.3 is 0 Å². The molecule has 0 aliphatic rings. The number of aromatic nitrogens is 2. The van der Waals surface area contributed by atoms with Crippen molar-refractivity contribution >= 4 is 21.4 Å². The van der Waals surface area contributed by atoms with Gasteiger partial charge < -0.3 is 9.72 Å². The average Bonchev–Trinajstić information content (AvgIpc) is 2.58. The zero-order valence-corrected chi connectivity index (χ0v) is 10.3. The van der Waals surface area contributed by atoms with Gasteiger partial charge in [-0.25, -0.2) is 4.98 Å². The van der Waals surface area contributed by atoms with Gasteiger partial charge in [-0.1, -0.05) is 6.07 Å². The van der Waals surface area contributed by atoms with Crippen molar-refractivity contribution in [1.82, 2.24) is 14.7 Å². The van der Waals surface area contributed by atoms with Crippen molar-refractivity contribution in [3.05, 3.63) is 34.8 Å². The monoisotopic (exact) mass is 267 g/mol. The predicted molar refractivity (Wildman–Crippen MR) is 65.1 cm³/mol. The summed E-state index contributed by atoms with van der Waals surface area (Å²) in [5.74, 6) is 1.12. The van der Waals surface area contributed by atoms with E-state index in [1.165, 1.54) is 0 Å². The Hall–Kier alpha value is -0.870. The first kappa shape index (κ1) is 10.6. The molecule has 4 heteroatoms. The van der Waals surface area contributed by atoms with Crippen molar-refractivity contribution in [1.29, 1.82) is 0 Å². The van der Waals surface area contributed by atoms with Crippen molar-refractivity contribution in [2.75, 3.05) is 13.6 Å². The lowest BCUT2D eigenvalue weighted by molar-refractivity contribution is 0.700. The number of imidazole rings is 1. The standard InChI is InChI=1S/C11H14BrN3/c1-13-7-4-6-10-14-11(12)9-5-2-3-8-15(9)10/h2-3,5,8,13H,4,6-7H2,1H3. The van der Waals surface area contributed by atoms with Crippen molar-refractivity contribution in [3.8, 4) is 0 Å². The zero-order chi connectivity index (χ0) is 10.7. The number of aryl methyl sites for hydroxylation is 1. The van der Waals surface area contributed by atoms with Crippen LogP contribution in [0.4, 0.5) is 0 Å². The van der Waals surface area contributed by atoms with Gasteiger partial charge in [0.05, 0.1) is 5.52 Å². The van der Waals surface area contributed by atoms with Crippen molar-refractivity contribution in [2.24, 2.45) is 0 Å². The maximum Gasteiger partial charge on any atom is 0.132 e. The van der Waals surface area contributed by atoms with Gasteiger partial charge in [0, 0.05) is 12.6 Å². The smallest absolute Gasteiger partial charge is 0.132 e. The van der Waals surface area contributed by atoms with E-state index in [-0.39, 0.29) is 0 Å². The number of hydrogen-bond donors (Lipinski definition) is 1. The third-order valence-corrected chi connectivity index (χ3v) is 2.99. The van der Waals surface area contributed by atoms with Crippen molar-refractivity contribution < 1.29 is 0 Å². The molecule has 2 rings (SSSR count). The lowest BCUT2D eigenvalue weighted by Gasteiger charge is -2.00. The molecule has 0 atom stereocenters. The van der Waals surface area contributed by atoms with Gasteiger partial charge in [0.25, 0.3) is 0 Å². The Bertz CT molecular complexity index is 450. The molecule has 80 valence electrons. The second-order valence-corrected chi connectivity index (χ2v) is 4.23. The highest BCUT2D eigenvalue weighted by Gasteiger charge is 2.06. The van der Waals surface area contributed by atoms with Crippen LogP contribution in [0, 0.1) is 0 Å². The topological polar surface area (TPSA) is 29.3 Å². The van der Waals surface area contributed by atoms with Crippen LogP contribution < -0.4 is 5.32 Å². The first-order valence-electron chi connectivity index (χ1n) is 5.09. The second kappa shape index (κ2) is 4.77. The summed E-state index contributed by atoms with van der Waals surface area (Å²) in [6.07, 6.45) is 4.16. The van der Waals surface area contributed by atoms with E-state index in [9.17, 15) is 0 Å². The normalized spacial score (nSPS) is 11.1. The van der Waals surface area contributed by atoms with Crippen LogP contribution in [0.25, 0.3) is 5.52 Å². The first-order valence-corrected chi connectivity index (χ1v) is 5.88. The summed E-state index contributed by atoms with van der Waals surface area (Å²) in [6, 6.07) is 6.13. The van der Waals surface area contributed by atoms with Gasteiger partial charge in [0.15, 0.2) is 0 Å². The van der Waals surface area contributed by atoms with Crippen molar-refractivity contribution in [3.63, 3.8) is 0 Å². The summed E-state index contributed by atoms with van der Waals surface area (Å²) in [5.41, 5.74) is 1.14. The first-order chi connectivity index (χ1) is 7.33. The molecule has 2 aromatic rings. The minimum absolute atomic E-state index is 0.933. The molecule has 3 nitrogen and oxygen atoms in total. The molecule has 0 aliphatic carbocycles. The minimum Gasteiger partial charge on any atom is -0.320 e. The van der Waals surface area contributed by atoms with E-state index in [0.717, 1.165) is 35.3 Å². The fraction of sp³-hybridized carbons (Fsp3) is 0.364. The quantitative estimate of drug-likeness (QED) is 0.862. The molecule has 0 aliphatic heterocycles. The Morgan fingerprint density at radius 3 is 3.13 bits per heavy atom. The lowest BCUT2D eigenvalue weighted by atomic mass is 10.3. The highest BCUT2D eigenvalue weighted by Crippen LogP contribution is 2.19. The molecule has 2 aromatic heterocycles. The van der Waals surface area contributed by atoms with Crippen LogP contribution >= 0.6 is 15.9 Å². The van der Waals surface area contributed by atoms with Gasteiger partial charge in [-0.15, -0.1) is 0 Å². The molecule has 15 heavy (non-hydrogen) atoms. The number of rotatable bonds is 4. The molecule has 0 unspecified atom stereocenters. The van der Waals surface area contributed by atoms with E-state index >= 15 is 0 Å². The average molecular weight is 268 g/mol. The Labute approximate surface area is 97.6 Å². The van der Waals surface area contributed by atoms with Crippen LogP contribution in [0.1, 0.15) is 12.2 Å². The van der Waals surface area contributed by atoms with Crippen LogP contribution in [0.15, 0.2) is 29.0 Å². The molecule has 0 radical (unpaired) electrons. The summed E-state index contributed by atoms with van der Waals surface area (Å²) in [6.45, 7) is 1.03. The van der Waals surface area contributed by atoms with Gasteiger partial charge in [-0.3, -0.25) is 0 Å². The molecular weight excluding hydrogens is 254 g/mol. The SMILES string of the molecule is CNCCCc1nc(Br)c2ccccn12. The van der Waals surface area contributed by atoms with E-state index < -0.39 is 0 Å². The fourth-order valence-corrected chi connectivity index (χ4v) is 2.19. The van der Waals surface area contributed by atoms with Crippen LogP contribution in [0.2, 0.25) is 0 Å². The Balaban J connectivity index is 2.27. The summed E-state index contributed by atoms with van der Waals surface area (Å²) in [7, 11) is 1.97. The molecule has 1 N–H and O–H groups in total. The maximum absolute atomic E-state index is 4.51. The number of halogens is 1. The van der Waals surface area contributed by atoms with Gasteiger partial charge in [-0.05, 0) is 48.1 Å². The summed E-state index contributed by atoms with van der Waals surface area (Å²) >= 11 is 3.48. The Kier molecular flexibility index (Phi) is 3.38. The van der Waals surface area contributed by atoms with E-state index in [4.69, 9.17) is 0 Å². The number of nitrogens with one attached hydrogen (secondary N) is 1. The van der Waals surface area contributed by atoms with Crippen LogP contribution in [0.3, 0.4) is 0 Å². The molecule has 0 bridgehead atoms. The number of hydrogen-bond acceptors (Lipinski definition) is 2. The van der Waals surface area contributed by atoms with Crippen molar-refractivity contribution in [2.45, 2.75) is 12.8 Å².